The van der Waals surface area contributed by atoms with Crippen molar-refractivity contribution in [2.75, 3.05) is 13.2 Å². The Bertz CT molecular complexity index is 1540. The van der Waals surface area contributed by atoms with E-state index in [0.29, 0.717) is 31.0 Å². The molecular formula is C28H27ClIN3O5S2. The SMILES string of the molecule is CCOC1=C2CN(SI)C(c3cccc(Cl)c3)CC2N(S(=O)(=O)c2ccccc2[N+](=O)[O-])C(c2ccccc2)C1. The summed E-state index contributed by atoms with van der Waals surface area (Å²) in [6, 6.07) is 21.2. The van der Waals surface area contributed by atoms with Crippen molar-refractivity contribution >= 4 is 57.6 Å². The van der Waals surface area contributed by atoms with Gasteiger partial charge in [-0.3, -0.25) is 10.1 Å². The molecule has 0 aromatic heterocycles. The van der Waals surface area contributed by atoms with E-state index in [1.165, 1.54) is 28.6 Å². The summed E-state index contributed by atoms with van der Waals surface area (Å²) < 4.78 is 39.0. The molecule has 1 fully saturated rings. The zero-order valence-corrected chi connectivity index (χ0v) is 26.1. The van der Waals surface area contributed by atoms with Gasteiger partial charge in [-0.25, -0.2) is 12.7 Å². The normalized spacial score (nSPS) is 22.1. The molecule has 3 aromatic carbocycles. The van der Waals surface area contributed by atoms with Gasteiger partial charge in [0.2, 0.25) is 0 Å². The molecule has 1 saturated heterocycles. The van der Waals surface area contributed by atoms with Gasteiger partial charge in [0.15, 0.2) is 4.90 Å². The van der Waals surface area contributed by atoms with Gasteiger partial charge in [0.25, 0.3) is 15.7 Å². The van der Waals surface area contributed by atoms with E-state index in [1.807, 2.05) is 61.5 Å². The molecule has 0 amide bonds. The minimum atomic E-state index is -4.33. The molecule has 0 radical (unpaired) electrons. The number of hydrogen-bond acceptors (Lipinski definition) is 7. The first kappa shape index (κ1) is 29.3. The van der Waals surface area contributed by atoms with E-state index in [1.54, 1.807) is 9.12 Å². The van der Waals surface area contributed by atoms with Gasteiger partial charge in [-0.15, -0.1) is 0 Å². The third-order valence-corrected chi connectivity index (χ3v) is 11.6. The molecule has 3 aromatic rings. The predicted molar refractivity (Wildman–Crippen MR) is 165 cm³/mol. The average molecular weight is 712 g/mol. The van der Waals surface area contributed by atoms with E-state index < -0.39 is 32.7 Å². The lowest BCUT2D eigenvalue weighted by molar-refractivity contribution is -0.387. The lowest BCUT2D eigenvalue weighted by Gasteiger charge is -2.49. The Morgan fingerprint density at radius 2 is 1.73 bits per heavy atom. The second-order valence-electron chi connectivity index (χ2n) is 9.54. The Morgan fingerprint density at radius 1 is 1.02 bits per heavy atom. The van der Waals surface area contributed by atoms with Crippen LogP contribution in [0.2, 0.25) is 5.02 Å². The number of hydrogen-bond donors (Lipinski definition) is 0. The average Bonchev–Trinajstić information content (AvgIpc) is 2.96. The predicted octanol–water partition coefficient (Wildman–Crippen LogP) is 7.49. The Kier molecular flexibility index (Phi) is 9.08. The van der Waals surface area contributed by atoms with E-state index in [0.717, 1.165) is 22.5 Å². The van der Waals surface area contributed by atoms with Gasteiger partial charge in [-0.2, -0.15) is 4.31 Å². The Morgan fingerprint density at radius 3 is 2.40 bits per heavy atom. The van der Waals surface area contributed by atoms with Gasteiger partial charge in [-0.05, 0) is 51.8 Å². The van der Waals surface area contributed by atoms with E-state index in [-0.39, 0.29) is 10.9 Å². The number of nitro benzene ring substituents is 1. The number of halogens is 2. The van der Waals surface area contributed by atoms with Crippen molar-refractivity contribution in [3.05, 3.63) is 116 Å². The Balaban J connectivity index is 1.72. The van der Waals surface area contributed by atoms with Crippen LogP contribution in [0.1, 0.15) is 43.0 Å². The number of ether oxygens (including phenoxy) is 1. The summed E-state index contributed by atoms with van der Waals surface area (Å²) in [7, 11) is -2.78. The summed E-state index contributed by atoms with van der Waals surface area (Å²) in [6.45, 7) is 2.83. The fourth-order valence-corrected chi connectivity index (χ4v) is 9.53. The summed E-state index contributed by atoms with van der Waals surface area (Å²) >= 11 is 8.61. The number of fused-ring (bicyclic) bond motifs is 1. The smallest absolute Gasteiger partial charge is 0.289 e. The van der Waals surface area contributed by atoms with Crippen molar-refractivity contribution in [3.8, 4) is 0 Å². The van der Waals surface area contributed by atoms with Crippen LogP contribution in [0, 0.1) is 10.1 Å². The summed E-state index contributed by atoms with van der Waals surface area (Å²) in [6.07, 6.45) is 0.747. The molecule has 12 heteroatoms. The molecule has 0 saturated carbocycles. The van der Waals surface area contributed by atoms with Crippen molar-refractivity contribution in [2.24, 2.45) is 0 Å². The highest BCUT2D eigenvalue weighted by atomic mass is 127. The molecule has 5 rings (SSSR count). The molecule has 2 aliphatic heterocycles. The number of para-hydroxylation sites is 1. The Hall–Kier alpha value is -2.16. The first-order valence-corrected chi connectivity index (χ1v) is 17.9. The van der Waals surface area contributed by atoms with Crippen molar-refractivity contribution < 1.29 is 18.1 Å². The monoisotopic (exact) mass is 711 g/mol. The number of nitrogens with zero attached hydrogens (tertiary/aromatic N) is 3. The number of benzene rings is 3. The molecule has 2 aliphatic rings. The standard InChI is InChI=1S/C28H27ClIN3O5S2/c1-2-38-27-17-25(19-9-4-3-5-10-19)32(40(36,37)28-14-7-6-13-23(28)33(34)35)26-16-24(31(39-30)18-22(26)27)20-11-8-12-21(29)15-20/h3-15,24-26H,2,16-18H2,1H3. The lowest BCUT2D eigenvalue weighted by Crippen LogP contribution is -2.52. The third-order valence-electron chi connectivity index (χ3n) is 7.32. The second-order valence-corrected chi connectivity index (χ2v) is 13.6. The van der Waals surface area contributed by atoms with Gasteiger partial charge in [0.05, 0.1) is 29.4 Å². The molecule has 210 valence electrons. The Labute approximate surface area is 255 Å². The number of rotatable bonds is 8. The highest BCUT2D eigenvalue weighted by Gasteiger charge is 2.50. The fraction of sp³-hybridized carbons (Fsp3) is 0.286. The maximum atomic E-state index is 14.6. The van der Waals surface area contributed by atoms with Crippen molar-refractivity contribution in [1.82, 2.24) is 8.61 Å². The first-order valence-electron chi connectivity index (χ1n) is 12.7. The van der Waals surface area contributed by atoms with Crippen LogP contribution in [0.25, 0.3) is 0 Å². The van der Waals surface area contributed by atoms with Crippen molar-refractivity contribution in [1.29, 1.82) is 0 Å². The molecule has 0 N–H and O–H groups in total. The molecule has 2 heterocycles. The highest BCUT2D eigenvalue weighted by molar-refractivity contribution is 14.2. The van der Waals surface area contributed by atoms with Gasteiger partial charge in [0.1, 0.15) is 0 Å². The molecule has 8 nitrogen and oxygen atoms in total. The van der Waals surface area contributed by atoms with Gasteiger partial charge in [-0.1, -0.05) is 66.2 Å². The number of nitro groups is 1. The van der Waals surface area contributed by atoms with Gasteiger partial charge < -0.3 is 4.74 Å². The molecule has 0 bridgehead atoms. The van der Waals surface area contributed by atoms with Crippen LogP contribution in [0.15, 0.2) is 95.1 Å². The van der Waals surface area contributed by atoms with Gasteiger partial charge in [0, 0.05) is 56.9 Å². The van der Waals surface area contributed by atoms with Crippen molar-refractivity contribution in [2.45, 2.75) is 42.8 Å². The summed E-state index contributed by atoms with van der Waals surface area (Å²) in [5, 5.41) is 12.5. The largest absolute Gasteiger partial charge is 0.498 e. The third kappa shape index (κ3) is 5.64. The van der Waals surface area contributed by atoms with Crippen LogP contribution in [-0.2, 0) is 14.8 Å². The van der Waals surface area contributed by atoms with Crippen LogP contribution >= 0.6 is 41.9 Å². The topological polar surface area (TPSA) is 93.0 Å². The highest BCUT2D eigenvalue weighted by Crippen LogP contribution is 2.50. The summed E-state index contributed by atoms with van der Waals surface area (Å²) in [4.78, 5) is 11.0. The van der Waals surface area contributed by atoms with Crippen molar-refractivity contribution in [3.63, 3.8) is 0 Å². The molecule has 0 spiro atoms. The van der Waals surface area contributed by atoms with Crippen LogP contribution < -0.4 is 0 Å². The minimum absolute atomic E-state index is 0.157. The van der Waals surface area contributed by atoms with Gasteiger partial charge >= 0.3 is 0 Å². The first-order chi connectivity index (χ1) is 19.3. The van der Waals surface area contributed by atoms with E-state index in [2.05, 4.69) is 25.5 Å². The van der Waals surface area contributed by atoms with Crippen LogP contribution in [-0.4, -0.2) is 41.1 Å². The summed E-state index contributed by atoms with van der Waals surface area (Å²) in [5.74, 6) is 0.773. The van der Waals surface area contributed by atoms with E-state index in [4.69, 9.17) is 16.3 Å². The molecule has 3 unspecified atom stereocenters. The lowest BCUT2D eigenvalue weighted by atomic mass is 9.84. The molecular weight excluding hydrogens is 685 g/mol. The van der Waals surface area contributed by atoms with E-state index >= 15 is 0 Å². The quantitative estimate of drug-likeness (QED) is 0.104. The molecule has 3 atom stereocenters. The summed E-state index contributed by atoms with van der Waals surface area (Å²) in [5.41, 5.74) is 2.20. The minimum Gasteiger partial charge on any atom is -0.498 e. The van der Waals surface area contributed by atoms with Crippen LogP contribution in [0.3, 0.4) is 0 Å². The zero-order chi connectivity index (χ0) is 28.4. The molecule has 0 aliphatic carbocycles. The maximum absolute atomic E-state index is 14.6. The second kappa shape index (κ2) is 12.4. The van der Waals surface area contributed by atoms with Crippen LogP contribution in [0.5, 0.6) is 0 Å². The van der Waals surface area contributed by atoms with E-state index in [9.17, 15) is 18.5 Å². The maximum Gasteiger partial charge on any atom is 0.289 e. The fourth-order valence-electron chi connectivity index (χ4n) is 5.63. The zero-order valence-electron chi connectivity index (χ0n) is 21.5. The number of piperidine rings is 1. The van der Waals surface area contributed by atoms with Crippen LogP contribution in [0.4, 0.5) is 5.69 Å². The number of sulfonamides is 1. The molecule has 40 heavy (non-hydrogen) atoms.